The Kier molecular flexibility index (Phi) is 15.6. The minimum Gasteiger partial charge on any atom is -0.352 e. The van der Waals surface area contributed by atoms with Gasteiger partial charge < -0.3 is 24.3 Å². The molecule has 2 N–H and O–H groups in total. The SMILES string of the molecule is C1=CN=C(c2cccc(C3=NC=CC3)n2)C1.CCOC(CN)OCC.Cn1ccnc1-c1cccc(-c2nccn2C)n1.N#Cc1cccc(C#N)n1. The number of rotatable bonds is 9. The molecular formula is C39H42N12O2. The molecule has 270 valence electrons. The minimum atomic E-state index is -0.208. The third-order valence-corrected chi connectivity index (χ3v) is 7.36. The number of pyridine rings is 3. The Hall–Kier alpha value is -6.45. The first-order valence-corrected chi connectivity index (χ1v) is 16.9. The number of nitrogens with zero attached hydrogens (tertiary/aromatic N) is 11. The molecule has 7 heterocycles. The van der Waals surface area contributed by atoms with Gasteiger partial charge in [-0.05, 0) is 50.2 Å². The predicted molar refractivity (Wildman–Crippen MR) is 203 cm³/mol. The van der Waals surface area contributed by atoms with Crippen LogP contribution in [0.3, 0.4) is 0 Å². The van der Waals surface area contributed by atoms with Crippen molar-refractivity contribution in [2.45, 2.75) is 33.0 Å². The van der Waals surface area contributed by atoms with Crippen molar-refractivity contribution >= 4 is 11.4 Å². The van der Waals surface area contributed by atoms with E-state index >= 15 is 0 Å². The van der Waals surface area contributed by atoms with Gasteiger partial charge in [0.15, 0.2) is 17.9 Å². The Morgan fingerprint density at radius 3 is 1.47 bits per heavy atom. The summed E-state index contributed by atoms with van der Waals surface area (Å²) < 4.78 is 14.1. The summed E-state index contributed by atoms with van der Waals surface area (Å²) in [5.74, 6) is 1.71. The summed E-state index contributed by atoms with van der Waals surface area (Å²) in [7, 11) is 3.91. The van der Waals surface area contributed by atoms with Crippen molar-refractivity contribution in [3.05, 3.63) is 127 Å². The molecule has 53 heavy (non-hydrogen) atoms. The molecule has 0 aliphatic carbocycles. The molecule has 0 saturated carbocycles. The van der Waals surface area contributed by atoms with Crippen LogP contribution in [0.1, 0.15) is 49.5 Å². The van der Waals surface area contributed by atoms with Crippen LogP contribution in [0.5, 0.6) is 0 Å². The first kappa shape index (κ1) is 39.3. The van der Waals surface area contributed by atoms with Crippen LogP contribution in [0.4, 0.5) is 0 Å². The number of ether oxygens (including phenoxy) is 2. The largest absolute Gasteiger partial charge is 0.352 e. The number of aliphatic imine (C=N–C) groups is 2. The molecule has 0 spiro atoms. The van der Waals surface area contributed by atoms with E-state index in [1.807, 2.05) is 123 Å². The van der Waals surface area contributed by atoms with Crippen LogP contribution < -0.4 is 5.73 Å². The summed E-state index contributed by atoms with van der Waals surface area (Å²) in [6, 6.07) is 20.3. The standard InChI is InChI=1S/C13H13N5.C13H11N3.C7H3N3.C6H15NO2/c1-17-8-6-14-12(17)10-4-3-5-11(16-10)13-15-7-9-18(13)2;1-4-12(10-6-2-8-14-10)16-13(5-1)11-7-3-9-15-11;8-4-6-2-1-3-7(5-9)10-6;1-3-8-6(5-7)9-4-2/h3-9H,1-2H3;1-5,8-9H,6-7H2;1-3H;6H,3-5,7H2,1-2H3. The van der Waals surface area contributed by atoms with E-state index in [1.54, 1.807) is 30.6 Å². The van der Waals surface area contributed by atoms with Crippen molar-refractivity contribution in [2.24, 2.45) is 29.8 Å². The Bertz CT molecular complexity index is 2000. The highest BCUT2D eigenvalue weighted by atomic mass is 16.7. The van der Waals surface area contributed by atoms with E-state index in [0.717, 1.165) is 58.7 Å². The van der Waals surface area contributed by atoms with Crippen molar-refractivity contribution in [3.8, 4) is 35.2 Å². The molecule has 14 nitrogen and oxygen atoms in total. The second-order valence-corrected chi connectivity index (χ2v) is 11.1. The number of hydrogen-bond acceptors (Lipinski definition) is 12. The van der Waals surface area contributed by atoms with E-state index in [4.69, 9.17) is 25.7 Å². The Morgan fingerprint density at radius 2 is 1.11 bits per heavy atom. The average Bonchev–Trinajstić information content (AvgIpc) is 4.05. The number of aromatic nitrogens is 7. The van der Waals surface area contributed by atoms with Gasteiger partial charge in [0.05, 0.1) is 22.8 Å². The molecule has 5 aromatic heterocycles. The highest BCUT2D eigenvalue weighted by Gasteiger charge is 2.12. The maximum Gasteiger partial charge on any atom is 0.169 e. The third-order valence-electron chi connectivity index (χ3n) is 7.36. The smallest absolute Gasteiger partial charge is 0.169 e. The number of nitrogens with two attached hydrogens (primary N) is 1. The van der Waals surface area contributed by atoms with Crippen molar-refractivity contribution < 1.29 is 9.47 Å². The molecule has 0 fully saturated rings. The lowest BCUT2D eigenvalue weighted by molar-refractivity contribution is -0.128. The normalized spacial score (nSPS) is 12.3. The van der Waals surface area contributed by atoms with Gasteiger partial charge in [0.1, 0.15) is 34.9 Å². The number of aryl methyl sites for hydroxylation is 2. The fraction of sp³-hybridized carbons (Fsp3) is 0.256. The molecule has 14 heteroatoms. The van der Waals surface area contributed by atoms with Crippen LogP contribution in [0.25, 0.3) is 23.0 Å². The Balaban J connectivity index is 0.000000165. The molecule has 0 unspecified atom stereocenters. The van der Waals surface area contributed by atoms with Gasteiger partial charge in [-0.15, -0.1) is 0 Å². The average molecular weight is 711 g/mol. The summed E-state index contributed by atoms with van der Waals surface area (Å²) in [6.07, 6.45) is 16.6. The van der Waals surface area contributed by atoms with Gasteiger partial charge in [0, 0.05) is 83.9 Å². The number of imidazole rings is 2. The number of hydrogen-bond donors (Lipinski definition) is 1. The molecule has 0 radical (unpaired) electrons. The summed E-state index contributed by atoms with van der Waals surface area (Å²) in [4.78, 5) is 30.1. The van der Waals surface area contributed by atoms with Gasteiger partial charge in [0.25, 0.3) is 0 Å². The van der Waals surface area contributed by atoms with Crippen molar-refractivity contribution in [1.29, 1.82) is 10.5 Å². The first-order valence-electron chi connectivity index (χ1n) is 16.9. The van der Waals surface area contributed by atoms with Gasteiger partial charge >= 0.3 is 0 Å². The monoisotopic (exact) mass is 710 g/mol. The first-order chi connectivity index (χ1) is 25.9. The van der Waals surface area contributed by atoms with E-state index in [2.05, 4.69) is 34.9 Å². The fourth-order valence-electron chi connectivity index (χ4n) is 4.84. The lowest BCUT2D eigenvalue weighted by Crippen LogP contribution is -2.26. The summed E-state index contributed by atoms with van der Waals surface area (Å²) in [6.45, 7) is 5.58. The second kappa shape index (κ2) is 21.0. The number of nitriles is 2. The van der Waals surface area contributed by atoms with Crippen molar-refractivity contribution in [3.63, 3.8) is 0 Å². The zero-order valence-electron chi connectivity index (χ0n) is 30.2. The van der Waals surface area contributed by atoms with E-state index in [1.165, 1.54) is 0 Å². The van der Waals surface area contributed by atoms with Crippen LogP contribution in [-0.4, -0.2) is 71.5 Å². The third kappa shape index (κ3) is 11.8. The van der Waals surface area contributed by atoms with E-state index in [-0.39, 0.29) is 17.7 Å². The molecule has 0 saturated heterocycles. The second-order valence-electron chi connectivity index (χ2n) is 11.1. The molecule has 0 atom stereocenters. The summed E-state index contributed by atoms with van der Waals surface area (Å²) in [5, 5.41) is 16.7. The highest BCUT2D eigenvalue weighted by molar-refractivity contribution is 6.04. The topological polar surface area (TPSA) is 191 Å². The zero-order chi connectivity index (χ0) is 37.8. The van der Waals surface area contributed by atoms with Gasteiger partial charge in [0.2, 0.25) is 0 Å². The maximum absolute atomic E-state index is 8.34. The molecule has 7 rings (SSSR count). The van der Waals surface area contributed by atoms with Gasteiger partial charge in [-0.25, -0.2) is 24.9 Å². The molecule has 5 aromatic rings. The summed E-state index contributed by atoms with van der Waals surface area (Å²) in [5.41, 5.74) is 11.5. The zero-order valence-corrected chi connectivity index (χ0v) is 30.2. The highest BCUT2D eigenvalue weighted by Crippen LogP contribution is 2.19. The van der Waals surface area contributed by atoms with Crippen LogP contribution >= 0.6 is 0 Å². The summed E-state index contributed by atoms with van der Waals surface area (Å²) >= 11 is 0. The number of allylic oxidation sites excluding steroid dienone is 2. The van der Waals surface area contributed by atoms with Crippen LogP contribution in [0.15, 0.2) is 114 Å². The van der Waals surface area contributed by atoms with Gasteiger partial charge in [-0.3, -0.25) is 9.98 Å². The van der Waals surface area contributed by atoms with E-state index in [0.29, 0.717) is 19.8 Å². The van der Waals surface area contributed by atoms with Crippen molar-refractivity contribution in [1.82, 2.24) is 34.1 Å². The quantitative estimate of drug-likeness (QED) is 0.190. The molecule has 2 aliphatic rings. The fourth-order valence-corrected chi connectivity index (χ4v) is 4.84. The molecule has 0 amide bonds. The maximum atomic E-state index is 8.34. The molecular weight excluding hydrogens is 669 g/mol. The van der Waals surface area contributed by atoms with Gasteiger partial charge in [-0.2, -0.15) is 10.5 Å². The predicted octanol–water partition coefficient (Wildman–Crippen LogP) is 5.55. The van der Waals surface area contributed by atoms with Crippen LogP contribution in [0, 0.1) is 22.7 Å². The van der Waals surface area contributed by atoms with Gasteiger partial charge in [-0.1, -0.05) is 30.4 Å². The lowest BCUT2D eigenvalue weighted by atomic mass is 10.1. The molecule has 0 aromatic carbocycles. The Labute approximate surface area is 309 Å². The molecule has 2 aliphatic heterocycles. The van der Waals surface area contributed by atoms with E-state index < -0.39 is 0 Å². The lowest BCUT2D eigenvalue weighted by Gasteiger charge is -2.13. The van der Waals surface area contributed by atoms with Crippen LogP contribution in [-0.2, 0) is 23.6 Å². The van der Waals surface area contributed by atoms with Crippen molar-refractivity contribution in [2.75, 3.05) is 19.8 Å². The Morgan fingerprint density at radius 1 is 0.679 bits per heavy atom. The van der Waals surface area contributed by atoms with Crippen LogP contribution in [0.2, 0.25) is 0 Å². The van der Waals surface area contributed by atoms with E-state index in [9.17, 15) is 0 Å². The molecule has 0 bridgehead atoms. The minimum absolute atomic E-state index is 0.208.